The molecule has 2 aromatic carbocycles. The van der Waals surface area contributed by atoms with Gasteiger partial charge in [0.1, 0.15) is 0 Å². The van der Waals surface area contributed by atoms with Crippen molar-refractivity contribution in [1.29, 1.82) is 0 Å². The van der Waals surface area contributed by atoms with Gasteiger partial charge in [-0.15, -0.1) is 0 Å². The zero-order chi connectivity index (χ0) is 20.0. The van der Waals surface area contributed by atoms with Crippen molar-refractivity contribution in [3.8, 4) is 0 Å². The lowest BCUT2D eigenvalue weighted by Gasteiger charge is -2.07. The maximum atomic E-state index is 12.7. The number of aromatic nitrogens is 1. The molecule has 6 heteroatoms. The van der Waals surface area contributed by atoms with Gasteiger partial charge in [0.15, 0.2) is 0 Å². The molecule has 3 aromatic rings. The number of benzene rings is 2. The Kier molecular flexibility index (Phi) is 7.45. The molecule has 0 saturated carbocycles. The molecule has 0 aliphatic heterocycles. The van der Waals surface area contributed by atoms with Gasteiger partial charge in [0.2, 0.25) is 5.91 Å². The second kappa shape index (κ2) is 9.58. The highest BCUT2D eigenvalue weighted by Crippen LogP contribution is 2.28. The number of para-hydroxylation sites is 1. The Morgan fingerprint density at radius 2 is 1.67 bits per heavy atom. The third-order valence-electron chi connectivity index (χ3n) is 4.08. The molecule has 2 N–H and O–H groups in total. The van der Waals surface area contributed by atoms with Gasteiger partial charge in [0.05, 0.1) is 21.1 Å². The Labute approximate surface area is 168 Å². The number of fused-ring (bicyclic) bond motifs is 1. The molecule has 0 radical (unpaired) electrons. The number of unbranched alkanes of at least 4 members (excludes halogenated alkanes) is 1. The van der Waals surface area contributed by atoms with E-state index in [9.17, 15) is 9.59 Å². The van der Waals surface area contributed by atoms with Crippen molar-refractivity contribution in [1.82, 2.24) is 4.57 Å². The van der Waals surface area contributed by atoms with Crippen LogP contribution in [0.15, 0.2) is 48.7 Å². The van der Waals surface area contributed by atoms with Crippen LogP contribution >= 0.6 is 23.2 Å². The van der Waals surface area contributed by atoms with Crippen molar-refractivity contribution in [2.45, 2.75) is 33.1 Å². The van der Waals surface area contributed by atoms with Gasteiger partial charge < -0.3 is 5.73 Å². The number of halogens is 2. The predicted octanol–water partition coefficient (Wildman–Crippen LogP) is 5.61. The molecular weight excluding hydrogens is 383 g/mol. The SMILES string of the molecule is CCCCC(N)=O.Cc1cn(C(=O)c2c(Cl)cccc2Cl)c2ccccc12. The molecular formula is C21H22Cl2N2O2. The molecule has 0 atom stereocenters. The zero-order valence-corrected chi connectivity index (χ0v) is 16.8. The summed E-state index contributed by atoms with van der Waals surface area (Å²) in [5, 5.41) is 1.76. The normalized spacial score (nSPS) is 10.4. The Balaban J connectivity index is 0.000000321. The summed E-state index contributed by atoms with van der Waals surface area (Å²) in [5.41, 5.74) is 7.06. The van der Waals surface area contributed by atoms with Crippen molar-refractivity contribution in [2.24, 2.45) is 5.73 Å². The molecule has 0 spiro atoms. The molecule has 0 saturated heterocycles. The second-order valence-corrected chi connectivity index (χ2v) is 6.99. The van der Waals surface area contributed by atoms with Gasteiger partial charge in [0.25, 0.3) is 5.91 Å². The van der Waals surface area contributed by atoms with Crippen LogP contribution < -0.4 is 5.73 Å². The van der Waals surface area contributed by atoms with Gasteiger partial charge in [-0.3, -0.25) is 14.2 Å². The Morgan fingerprint density at radius 3 is 2.22 bits per heavy atom. The minimum absolute atomic E-state index is 0.193. The van der Waals surface area contributed by atoms with Gasteiger partial charge in [-0.05, 0) is 37.1 Å². The number of carbonyl (C=O) groups excluding carboxylic acids is 2. The van der Waals surface area contributed by atoms with E-state index in [0.29, 0.717) is 22.0 Å². The molecule has 0 fully saturated rings. The molecule has 3 rings (SSSR count). The van der Waals surface area contributed by atoms with Crippen LogP contribution in [-0.2, 0) is 4.79 Å². The summed E-state index contributed by atoms with van der Waals surface area (Å²) >= 11 is 12.2. The van der Waals surface area contributed by atoms with E-state index in [4.69, 9.17) is 28.9 Å². The Hall–Kier alpha value is -2.30. The van der Waals surface area contributed by atoms with Crippen LogP contribution in [-0.4, -0.2) is 16.4 Å². The number of rotatable bonds is 4. The lowest BCUT2D eigenvalue weighted by Crippen LogP contribution is -2.12. The summed E-state index contributed by atoms with van der Waals surface area (Å²) in [6.07, 6.45) is 4.32. The van der Waals surface area contributed by atoms with Gasteiger partial charge in [0, 0.05) is 18.0 Å². The average molecular weight is 405 g/mol. The summed E-state index contributed by atoms with van der Waals surface area (Å²) in [5.74, 6) is -0.410. The van der Waals surface area contributed by atoms with Crippen molar-refractivity contribution < 1.29 is 9.59 Å². The third-order valence-corrected chi connectivity index (χ3v) is 4.71. The maximum Gasteiger partial charge on any atom is 0.265 e. The van der Waals surface area contributed by atoms with E-state index in [1.807, 2.05) is 44.3 Å². The van der Waals surface area contributed by atoms with Gasteiger partial charge >= 0.3 is 0 Å². The van der Waals surface area contributed by atoms with E-state index in [-0.39, 0.29) is 11.8 Å². The number of nitrogens with zero attached hydrogens (tertiary/aromatic N) is 1. The summed E-state index contributed by atoms with van der Waals surface area (Å²) < 4.78 is 1.59. The van der Waals surface area contributed by atoms with Gasteiger partial charge in [-0.2, -0.15) is 0 Å². The maximum absolute atomic E-state index is 12.7. The van der Waals surface area contributed by atoms with E-state index in [1.165, 1.54) is 0 Å². The van der Waals surface area contributed by atoms with Crippen molar-refractivity contribution >= 4 is 45.9 Å². The van der Waals surface area contributed by atoms with Gasteiger partial charge in [-0.25, -0.2) is 0 Å². The fourth-order valence-corrected chi connectivity index (χ4v) is 3.25. The highest BCUT2D eigenvalue weighted by Gasteiger charge is 2.18. The number of primary amides is 1. The van der Waals surface area contributed by atoms with Crippen LogP contribution in [0.2, 0.25) is 10.0 Å². The number of hydrogen-bond acceptors (Lipinski definition) is 2. The number of amides is 1. The first kappa shape index (κ1) is 21.0. The minimum Gasteiger partial charge on any atom is -0.370 e. The van der Waals surface area contributed by atoms with Crippen molar-refractivity contribution in [2.75, 3.05) is 0 Å². The first-order chi connectivity index (χ1) is 12.9. The minimum atomic E-state index is -0.218. The number of hydrogen-bond donors (Lipinski definition) is 1. The second-order valence-electron chi connectivity index (χ2n) is 6.17. The summed E-state index contributed by atoms with van der Waals surface area (Å²) in [6.45, 7) is 4.00. The highest BCUT2D eigenvalue weighted by molar-refractivity contribution is 6.40. The molecule has 0 bridgehead atoms. The molecule has 1 aromatic heterocycles. The smallest absolute Gasteiger partial charge is 0.265 e. The Morgan fingerprint density at radius 1 is 1.04 bits per heavy atom. The van der Waals surface area contributed by atoms with Crippen LogP contribution in [0.3, 0.4) is 0 Å². The molecule has 4 nitrogen and oxygen atoms in total. The lowest BCUT2D eigenvalue weighted by atomic mass is 10.2. The number of carbonyl (C=O) groups is 2. The summed E-state index contributed by atoms with van der Waals surface area (Å²) in [4.78, 5) is 22.7. The van der Waals surface area contributed by atoms with Crippen LogP contribution in [0.25, 0.3) is 10.9 Å². The molecule has 0 aliphatic carbocycles. The monoisotopic (exact) mass is 404 g/mol. The van der Waals surface area contributed by atoms with Crippen molar-refractivity contribution in [3.05, 3.63) is 69.8 Å². The summed E-state index contributed by atoms with van der Waals surface area (Å²) in [6, 6.07) is 12.8. The first-order valence-electron chi connectivity index (χ1n) is 8.70. The Bertz CT molecular complexity index is 944. The van der Waals surface area contributed by atoms with Gasteiger partial charge in [-0.1, -0.05) is 60.8 Å². The largest absolute Gasteiger partial charge is 0.370 e. The summed E-state index contributed by atoms with van der Waals surface area (Å²) in [7, 11) is 0. The fraction of sp³-hybridized carbons (Fsp3) is 0.238. The van der Waals surface area contributed by atoms with Crippen LogP contribution in [0.4, 0.5) is 0 Å². The highest BCUT2D eigenvalue weighted by atomic mass is 35.5. The topological polar surface area (TPSA) is 65.1 Å². The van der Waals surface area contributed by atoms with E-state index >= 15 is 0 Å². The number of aryl methyl sites for hydroxylation is 1. The lowest BCUT2D eigenvalue weighted by molar-refractivity contribution is -0.118. The molecule has 1 amide bonds. The molecule has 142 valence electrons. The molecule has 27 heavy (non-hydrogen) atoms. The molecule has 1 heterocycles. The van der Waals surface area contributed by atoms with E-state index < -0.39 is 0 Å². The van der Waals surface area contributed by atoms with Crippen molar-refractivity contribution in [3.63, 3.8) is 0 Å². The standard InChI is InChI=1S/C16H11Cl2NO.C5H11NO/c1-10-9-19(14-8-3-2-5-11(10)14)16(20)15-12(17)6-4-7-13(15)18;1-2-3-4-5(6)7/h2-9H,1H3;2-4H2,1H3,(H2,6,7). The molecule has 0 unspecified atom stereocenters. The van der Waals surface area contributed by atoms with Crippen LogP contribution in [0, 0.1) is 6.92 Å². The fourth-order valence-electron chi connectivity index (χ4n) is 2.69. The first-order valence-corrected chi connectivity index (χ1v) is 9.46. The predicted molar refractivity (Wildman–Crippen MR) is 112 cm³/mol. The van der Waals surface area contributed by atoms with E-state index in [1.54, 1.807) is 22.8 Å². The van der Waals surface area contributed by atoms with Crippen LogP contribution in [0.1, 0.15) is 42.1 Å². The quantitative estimate of drug-likeness (QED) is 0.613. The zero-order valence-electron chi connectivity index (χ0n) is 15.3. The number of nitrogens with two attached hydrogens (primary N) is 1. The average Bonchev–Trinajstić information content (AvgIpc) is 2.97. The van der Waals surface area contributed by atoms with E-state index in [2.05, 4.69) is 0 Å². The van der Waals surface area contributed by atoms with E-state index in [0.717, 1.165) is 29.3 Å². The molecule has 0 aliphatic rings. The van der Waals surface area contributed by atoms with Crippen LogP contribution in [0.5, 0.6) is 0 Å². The third kappa shape index (κ3) is 5.12.